The number of aliphatic hydroxyl groups excluding tert-OH is 1. The van der Waals surface area contributed by atoms with Crippen LogP contribution in [-0.4, -0.2) is 56.4 Å². The fraction of sp³-hybridized carbons (Fsp3) is 0.929. The van der Waals surface area contributed by atoms with Crippen LogP contribution in [0.4, 0.5) is 0 Å². The van der Waals surface area contributed by atoms with E-state index in [2.05, 4.69) is 5.32 Å². The zero-order valence-corrected chi connectivity index (χ0v) is 13.2. The van der Waals surface area contributed by atoms with Crippen LogP contribution in [0.2, 0.25) is 0 Å². The summed E-state index contributed by atoms with van der Waals surface area (Å²) >= 11 is 0. The van der Waals surface area contributed by atoms with Crippen molar-refractivity contribution < 1.29 is 24.1 Å². The SMILES string of the molecule is CC.COCOC[C@@H]1O[C@H](CO)[C@H](C)C[C@@H]1NC(C)=O. The summed E-state index contributed by atoms with van der Waals surface area (Å²) in [5, 5.41) is 12.1. The Morgan fingerprint density at radius 2 is 2.05 bits per heavy atom. The molecular weight excluding hydrogens is 262 g/mol. The standard InChI is InChI=1S/C12H23NO5.C2H6/c1-8-4-10(13-9(2)15)12(6-17-7-16-3)18-11(8)5-14;1-2/h8,10-12,14H,4-7H2,1-3H3,(H,13,15);1-2H3/t8-,10+,11-,12+;/m1./s1. The van der Waals surface area contributed by atoms with Gasteiger partial charge in [0.1, 0.15) is 12.9 Å². The Labute approximate surface area is 121 Å². The highest BCUT2D eigenvalue weighted by Crippen LogP contribution is 2.25. The largest absolute Gasteiger partial charge is 0.394 e. The second-order valence-corrected chi connectivity index (χ2v) is 4.69. The van der Waals surface area contributed by atoms with Gasteiger partial charge in [-0.05, 0) is 12.3 Å². The maximum absolute atomic E-state index is 11.2. The molecule has 4 atom stereocenters. The molecular formula is C14H29NO5. The van der Waals surface area contributed by atoms with E-state index in [0.717, 1.165) is 6.42 Å². The fourth-order valence-electron chi connectivity index (χ4n) is 2.20. The first kappa shape index (κ1) is 19.3. The summed E-state index contributed by atoms with van der Waals surface area (Å²) in [5.74, 6) is 0.112. The Morgan fingerprint density at radius 3 is 2.55 bits per heavy atom. The summed E-state index contributed by atoms with van der Waals surface area (Å²) in [4.78, 5) is 11.2. The van der Waals surface area contributed by atoms with Gasteiger partial charge in [0, 0.05) is 14.0 Å². The van der Waals surface area contributed by atoms with Crippen molar-refractivity contribution in [3.8, 4) is 0 Å². The van der Waals surface area contributed by atoms with Crippen molar-refractivity contribution in [3.05, 3.63) is 0 Å². The summed E-state index contributed by atoms with van der Waals surface area (Å²) in [6.45, 7) is 7.99. The average molecular weight is 291 g/mol. The van der Waals surface area contributed by atoms with Gasteiger partial charge in [0.15, 0.2) is 0 Å². The molecule has 20 heavy (non-hydrogen) atoms. The van der Waals surface area contributed by atoms with Gasteiger partial charge in [0.25, 0.3) is 0 Å². The lowest BCUT2D eigenvalue weighted by atomic mass is 9.90. The van der Waals surface area contributed by atoms with Gasteiger partial charge < -0.3 is 24.6 Å². The van der Waals surface area contributed by atoms with Gasteiger partial charge in [-0.2, -0.15) is 0 Å². The molecule has 0 spiro atoms. The minimum Gasteiger partial charge on any atom is -0.394 e. The zero-order valence-electron chi connectivity index (χ0n) is 13.2. The third-order valence-electron chi connectivity index (χ3n) is 3.11. The van der Waals surface area contributed by atoms with Crippen LogP contribution in [0.15, 0.2) is 0 Å². The second kappa shape index (κ2) is 11.0. The van der Waals surface area contributed by atoms with Gasteiger partial charge in [-0.3, -0.25) is 4.79 Å². The average Bonchev–Trinajstić information content (AvgIpc) is 2.43. The topological polar surface area (TPSA) is 77.0 Å². The molecule has 6 heteroatoms. The number of ether oxygens (including phenoxy) is 3. The van der Waals surface area contributed by atoms with Crippen LogP contribution in [0.1, 0.15) is 34.1 Å². The molecule has 0 radical (unpaired) electrons. The fourth-order valence-corrected chi connectivity index (χ4v) is 2.20. The Hall–Kier alpha value is -0.690. The highest BCUT2D eigenvalue weighted by molar-refractivity contribution is 5.73. The van der Waals surface area contributed by atoms with Gasteiger partial charge in [-0.15, -0.1) is 0 Å². The number of hydrogen-bond donors (Lipinski definition) is 2. The highest BCUT2D eigenvalue weighted by atomic mass is 16.7. The molecule has 6 nitrogen and oxygen atoms in total. The number of hydrogen-bond acceptors (Lipinski definition) is 5. The first-order chi connectivity index (χ1) is 9.58. The molecule has 0 saturated carbocycles. The molecule has 1 fully saturated rings. The van der Waals surface area contributed by atoms with E-state index >= 15 is 0 Å². The minimum atomic E-state index is -0.252. The van der Waals surface area contributed by atoms with Gasteiger partial charge in [-0.25, -0.2) is 0 Å². The molecule has 0 aliphatic carbocycles. The van der Waals surface area contributed by atoms with E-state index in [1.54, 1.807) is 7.11 Å². The van der Waals surface area contributed by atoms with Crippen molar-refractivity contribution in [2.45, 2.75) is 52.4 Å². The third-order valence-corrected chi connectivity index (χ3v) is 3.11. The van der Waals surface area contributed by atoms with Crippen LogP contribution >= 0.6 is 0 Å². The normalized spacial score (nSPS) is 29.3. The van der Waals surface area contributed by atoms with Crippen LogP contribution in [0.3, 0.4) is 0 Å². The molecule has 0 unspecified atom stereocenters. The van der Waals surface area contributed by atoms with E-state index < -0.39 is 0 Å². The van der Waals surface area contributed by atoms with E-state index in [9.17, 15) is 9.90 Å². The summed E-state index contributed by atoms with van der Waals surface area (Å²) in [7, 11) is 1.55. The summed E-state index contributed by atoms with van der Waals surface area (Å²) < 4.78 is 15.9. The minimum absolute atomic E-state index is 0.0191. The summed E-state index contributed by atoms with van der Waals surface area (Å²) in [6.07, 6.45) is 0.315. The van der Waals surface area contributed by atoms with Crippen molar-refractivity contribution in [2.24, 2.45) is 5.92 Å². The molecule has 0 bridgehead atoms. The zero-order chi connectivity index (χ0) is 15.5. The monoisotopic (exact) mass is 291 g/mol. The molecule has 1 heterocycles. The number of carbonyl (C=O) groups excluding carboxylic acids is 1. The maximum Gasteiger partial charge on any atom is 0.217 e. The lowest BCUT2D eigenvalue weighted by Gasteiger charge is -2.39. The van der Waals surface area contributed by atoms with E-state index in [4.69, 9.17) is 14.2 Å². The predicted molar refractivity (Wildman–Crippen MR) is 76.3 cm³/mol. The van der Waals surface area contributed by atoms with Gasteiger partial charge in [-0.1, -0.05) is 20.8 Å². The molecule has 1 saturated heterocycles. The van der Waals surface area contributed by atoms with E-state index in [1.807, 2.05) is 20.8 Å². The van der Waals surface area contributed by atoms with Crippen LogP contribution in [-0.2, 0) is 19.0 Å². The Balaban J connectivity index is 0.00000172. The molecule has 1 aliphatic rings. The summed E-state index contributed by atoms with van der Waals surface area (Å²) in [5.41, 5.74) is 0. The lowest BCUT2D eigenvalue weighted by molar-refractivity contribution is -0.156. The number of nitrogens with one attached hydrogen (secondary N) is 1. The molecule has 1 amide bonds. The molecule has 2 N–H and O–H groups in total. The first-order valence-corrected chi connectivity index (χ1v) is 7.18. The Kier molecular flexibility index (Phi) is 10.6. The van der Waals surface area contributed by atoms with Crippen LogP contribution in [0.25, 0.3) is 0 Å². The van der Waals surface area contributed by atoms with Crippen molar-refractivity contribution in [2.75, 3.05) is 27.1 Å². The van der Waals surface area contributed by atoms with Crippen molar-refractivity contribution in [1.82, 2.24) is 5.32 Å². The van der Waals surface area contributed by atoms with Crippen molar-refractivity contribution in [1.29, 1.82) is 0 Å². The molecule has 1 rings (SSSR count). The van der Waals surface area contributed by atoms with Gasteiger partial charge >= 0.3 is 0 Å². The molecule has 120 valence electrons. The number of aliphatic hydroxyl groups is 1. The molecule has 0 aromatic rings. The highest BCUT2D eigenvalue weighted by Gasteiger charge is 2.36. The van der Waals surface area contributed by atoms with Crippen molar-refractivity contribution >= 4 is 5.91 Å². The Bertz CT molecular complexity index is 262. The number of rotatable bonds is 6. The second-order valence-electron chi connectivity index (χ2n) is 4.69. The third kappa shape index (κ3) is 6.65. The van der Waals surface area contributed by atoms with Crippen LogP contribution in [0.5, 0.6) is 0 Å². The lowest BCUT2D eigenvalue weighted by Crippen LogP contribution is -2.54. The molecule has 0 aromatic carbocycles. The van der Waals surface area contributed by atoms with Crippen molar-refractivity contribution in [3.63, 3.8) is 0 Å². The van der Waals surface area contributed by atoms with Gasteiger partial charge in [0.2, 0.25) is 5.91 Å². The van der Waals surface area contributed by atoms with E-state index in [1.165, 1.54) is 6.92 Å². The molecule has 1 aliphatic heterocycles. The quantitative estimate of drug-likeness (QED) is 0.562. The smallest absolute Gasteiger partial charge is 0.217 e. The van der Waals surface area contributed by atoms with E-state index in [0.29, 0.717) is 6.61 Å². The molecule has 0 aromatic heterocycles. The predicted octanol–water partition coefficient (Wildman–Crippen LogP) is 0.924. The van der Waals surface area contributed by atoms with Crippen LogP contribution in [0, 0.1) is 5.92 Å². The Morgan fingerprint density at radius 1 is 1.40 bits per heavy atom. The number of methoxy groups -OCH3 is 1. The summed E-state index contributed by atoms with van der Waals surface area (Å²) in [6, 6.07) is -0.0860. The van der Waals surface area contributed by atoms with Gasteiger partial charge in [0.05, 0.1) is 25.4 Å². The van der Waals surface area contributed by atoms with Crippen LogP contribution < -0.4 is 5.32 Å². The number of carbonyl (C=O) groups is 1. The van der Waals surface area contributed by atoms with E-state index in [-0.39, 0.29) is 43.5 Å². The maximum atomic E-state index is 11.2. The number of amides is 1. The first-order valence-electron chi connectivity index (χ1n) is 7.18.